The lowest BCUT2D eigenvalue weighted by molar-refractivity contribution is -0.139. The molecule has 0 radical (unpaired) electrons. The minimum absolute atomic E-state index is 0.198. The first-order valence-corrected chi connectivity index (χ1v) is 9.40. The second kappa shape index (κ2) is 7.01. The number of ether oxygens (including phenoxy) is 1. The fraction of sp³-hybridized carbons (Fsp3) is 0.316. The second-order valence-electron chi connectivity index (χ2n) is 6.26. The summed E-state index contributed by atoms with van der Waals surface area (Å²) in [5, 5.41) is 1.92. The molecule has 3 heterocycles. The highest BCUT2D eigenvalue weighted by molar-refractivity contribution is 7.09. The summed E-state index contributed by atoms with van der Waals surface area (Å²) >= 11 is 1.52. The summed E-state index contributed by atoms with van der Waals surface area (Å²) in [5.74, 6) is -0.987. The maximum absolute atomic E-state index is 13.2. The zero-order valence-corrected chi connectivity index (χ0v) is 14.9. The predicted molar refractivity (Wildman–Crippen MR) is 96.2 cm³/mol. The maximum Gasteiger partial charge on any atom is 0.262 e. The number of nitrogens with zero attached hydrogens (tertiary/aromatic N) is 2. The minimum Gasteiger partial charge on any atom is -0.378 e. The van der Waals surface area contributed by atoms with Crippen LogP contribution >= 0.6 is 11.3 Å². The lowest BCUT2D eigenvalue weighted by atomic mass is 10.1. The molecule has 0 saturated carbocycles. The zero-order valence-electron chi connectivity index (χ0n) is 14.1. The number of imide groups is 1. The Morgan fingerprint density at radius 1 is 1.04 bits per heavy atom. The van der Waals surface area contributed by atoms with Gasteiger partial charge in [0.1, 0.15) is 6.04 Å². The third-order valence-electron chi connectivity index (χ3n) is 4.72. The van der Waals surface area contributed by atoms with E-state index in [-0.39, 0.29) is 5.91 Å². The molecule has 3 amide bonds. The van der Waals surface area contributed by atoms with Crippen molar-refractivity contribution < 1.29 is 19.1 Å². The predicted octanol–water partition coefficient (Wildman–Crippen LogP) is 1.81. The Morgan fingerprint density at radius 2 is 1.69 bits per heavy atom. The average Bonchev–Trinajstić information content (AvgIpc) is 3.28. The van der Waals surface area contributed by atoms with Gasteiger partial charge in [-0.3, -0.25) is 19.3 Å². The Balaban J connectivity index is 1.68. The van der Waals surface area contributed by atoms with Crippen LogP contribution in [0.5, 0.6) is 0 Å². The summed E-state index contributed by atoms with van der Waals surface area (Å²) in [6.45, 7) is 1.89. The number of fused-ring (bicyclic) bond motifs is 1. The van der Waals surface area contributed by atoms with Gasteiger partial charge < -0.3 is 9.64 Å². The normalized spacial score (nSPS) is 18.2. The Labute approximate surface area is 155 Å². The van der Waals surface area contributed by atoms with Crippen LogP contribution in [0.25, 0.3) is 0 Å². The van der Waals surface area contributed by atoms with Gasteiger partial charge in [0.05, 0.1) is 24.3 Å². The highest BCUT2D eigenvalue weighted by Crippen LogP contribution is 2.27. The molecule has 1 aromatic carbocycles. The lowest BCUT2D eigenvalue weighted by Gasteiger charge is -2.33. The van der Waals surface area contributed by atoms with Crippen LogP contribution in [-0.4, -0.2) is 59.9 Å². The number of hydrogen-bond donors (Lipinski definition) is 0. The highest BCUT2D eigenvalue weighted by atomic mass is 32.1. The largest absolute Gasteiger partial charge is 0.378 e. The van der Waals surface area contributed by atoms with Crippen LogP contribution in [0.15, 0.2) is 41.8 Å². The molecule has 1 aromatic heterocycles. The van der Waals surface area contributed by atoms with E-state index in [0.717, 1.165) is 9.78 Å². The Hall–Kier alpha value is -2.51. The summed E-state index contributed by atoms with van der Waals surface area (Å²) in [4.78, 5) is 42.7. The van der Waals surface area contributed by atoms with Gasteiger partial charge in [-0.1, -0.05) is 18.2 Å². The van der Waals surface area contributed by atoms with Crippen molar-refractivity contribution in [3.05, 3.63) is 57.8 Å². The molecule has 2 aromatic rings. The van der Waals surface area contributed by atoms with Gasteiger partial charge in [-0.15, -0.1) is 11.3 Å². The molecule has 1 fully saturated rings. The van der Waals surface area contributed by atoms with Gasteiger partial charge in [-0.05, 0) is 23.6 Å². The van der Waals surface area contributed by atoms with Gasteiger partial charge in [0, 0.05) is 24.4 Å². The van der Waals surface area contributed by atoms with Crippen LogP contribution in [0.1, 0.15) is 25.6 Å². The standard InChI is InChI=1S/C19H18N2O4S/c22-17-14-5-1-2-6-15(14)18(23)21(17)16(12-13-4-3-11-26-13)19(24)20-7-9-25-10-8-20/h1-6,11,16H,7-10,12H2. The van der Waals surface area contributed by atoms with Gasteiger partial charge >= 0.3 is 0 Å². The van der Waals surface area contributed by atoms with Crippen LogP contribution in [0, 0.1) is 0 Å². The lowest BCUT2D eigenvalue weighted by Crippen LogP contribution is -2.54. The van der Waals surface area contributed by atoms with E-state index in [0.29, 0.717) is 43.9 Å². The first-order chi connectivity index (χ1) is 12.7. The van der Waals surface area contributed by atoms with Gasteiger partial charge in [-0.25, -0.2) is 0 Å². The number of rotatable bonds is 4. The topological polar surface area (TPSA) is 66.9 Å². The van der Waals surface area contributed by atoms with Crippen LogP contribution in [0.2, 0.25) is 0 Å². The number of hydrogen-bond acceptors (Lipinski definition) is 5. The van der Waals surface area contributed by atoms with Crippen molar-refractivity contribution in [2.24, 2.45) is 0 Å². The van der Waals surface area contributed by atoms with Crippen molar-refractivity contribution in [1.82, 2.24) is 9.80 Å². The van der Waals surface area contributed by atoms with E-state index in [1.807, 2.05) is 17.5 Å². The molecular formula is C19H18N2O4S. The summed E-state index contributed by atoms with van der Waals surface area (Å²) in [6, 6.07) is 9.71. The highest BCUT2D eigenvalue weighted by Gasteiger charge is 2.44. The minimum atomic E-state index is -0.834. The summed E-state index contributed by atoms with van der Waals surface area (Å²) in [5.41, 5.74) is 0.729. The zero-order chi connectivity index (χ0) is 18.1. The van der Waals surface area contributed by atoms with E-state index >= 15 is 0 Å². The van der Waals surface area contributed by atoms with Gasteiger partial charge in [0.15, 0.2) is 0 Å². The fourth-order valence-corrected chi connectivity index (χ4v) is 4.14. The molecule has 6 nitrogen and oxygen atoms in total. The Bertz CT molecular complexity index is 808. The molecule has 7 heteroatoms. The number of morpholine rings is 1. The van der Waals surface area contributed by atoms with Crippen LogP contribution < -0.4 is 0 Å². The van der Waals surface area contributed by atoms with Crippen LogP contribution in [0.4, 0.5) is 0 Å². The quantitative estimate of drug-likeness (QED) is 0.770. The fourth-order valence-electron chi connectivity index (χ4n) is 3.39. The number of amides is 3. The smallest absolute Gasteiger partial charge is 0.262 e. The molecule has 1 atom stereocenters. The number of carbonyl (C=O) groups is 3. The molecule has 0 spiro atoms. The Morgan fingerprint density at radius 3 is 2.27 bits per heavy atom. The molecule has 26 heavy (non-hydrogen) atoms. The van der Waals surface area contributed by atoms with Crippen molar-refractivity contribution in [2.45, 2.75) is 12.5 Å². The molecule has 134 valence electrons. The van der Waals surface area contributed by atoms with Crippen molar-refractivity contribution in [3.63, 3.8) is 0 Å². The molecular weight excluding hydrogens is 352 g/mol. The van der Waals surface area contributed by atoms with E-state index in [4.69, 9.17) is 4.74 Å². The van der Waals surface area contributed by atoms with E-state index in [1.165, 1.54) is 11.3 Å². The first-order valence-electron chi connectivity index (χ1n) is 8.52. The van der Waals surface area contributed by atoms with Crippen molar-refractivity contribution in [3.8, 4) is 0 Å². The average molecular weight is 370 g/mol. The van der Waals surface area contributed by atoms with Gasteiger partial charge in [-0.2, -0.15) is 0 Å². The van der Waals surface area contributed by atoms with Gasteiger partial charge in [0.25, 0.3) is 11.8 Å². The van der Waals surface area contributed by atoms with Crippen LogP contribution in [0.3, 0.4) is 0 Å². The van der Waals surface area contributed by atoms with E-state index in [1.54, 1.807) is 29.2 Å². The first kappa shape index (κ1) is 16.9. The van der Waals surface area contributed by atoms with Crippen molar-refractivity contribution in [1.29, 1.82) is 0 Å². The van der Waals surface area contributed by atoms with Crippen molar-refractivity contribution >= 4 is 29.1 Å². The van der Waals surface area contributed by atoms with E-state index in [9.17, 15) is 14.4 Å². The molecule has 0 aliphatic carbocycles. The maximum atomic E-state index is 13.2. The third kappa shape index (κ3) is 2.93. The number of benzene rings is 1. The summed E-state index contributed by atoms with van der Waals surface area (Å²) in [7, 11) is 0. The summed E-state index contributed by atoms with van der Waals surface area (Å²) < 4.78 is 5.31. The monoisotopic (exact) mass is 370 g/mol. The molecule has 0 N–H and O–H groups in total. The van der Waals surface area contributed by atoms with E-state index in [2.05, 4.69) is 0 Å². The summed E-state index contributed by atoms with van der Waals surface area (Å²) in [6.07, 6.45) is 0.333. The molecule has 1 saturated heterocycles. The molecule has 2 aliphatic rings. The number of thiophene rings is 1. The van der Waals surface area contributed by atoms with Crippen LogP contribution in [-0.2, 0) is 16.0 Å². The molecule has 2 aliphatic heterocycles. The molecule has 0 bridgehead atoms. The molecule has 4 rings (SSSR count). The van der Waals surface area contributed by atoms with Crippen molar-refractivity contribution in [2.75, 3.05) is 26.3 Å². The SMILES string of the molecule is O=C(C(Cc1cccs1)N1C(=O)c2ccccc2C1=O)N1CCOCC1. The Kier molecular flexibility index (Phi) is 4.57. The van der Waals surface area contributed by atoms with E-state index < -0.39 is 17.9 Å². The number of carbonyl (C=O) groups excluding carboxylic acids is 3. The third-order valence-corrected chi connectivity index (χ3v) is 5.62. The molecule has 1 unspecified atom stereocenters. The second-order valence-corrected chi connectivity index (χ2v) is 7.30. The van der Waals surface area contributed by atoms with Gasteiger partial charge in [0.2, 0.25) is 5.91 Å².